The number of hydrogen-bond acceptors (Lipinski definition) is 12. The average molecular weight is 1060 g/mol. The third kappa shape index (κ3) is 12.2. The number of allylic oxidation sites excluding steroid dienone is 2. The lowest BCUT2D eigenvalue weighted by Crippen LogP contribution is -2.55. The Morgan fingerprint density at radius 1 is 0.714 bits per heavy atom. The topological polar surface area (TPSA) is 234 Å². The maximum atomic E-state index is 16.7. The van der Waals surface area contributed by atoms with E-state index >= 15 is 8.78 Å². The molecule has 20 heteroatoms. The molecule has 4 aliphatic heterocycles. The quantitative estimate of drug-likeness (QED) is 0.0838. The number of nitrogen functional groups attached to an aromatic ring is 1. The number of nitrogens with two attached hydrogens (primary N) is 2. The van der Waals surface area contributed by atoms with Gasteiger partial charge in [0, 0.05) is 49.5 Å². The van der Waals surface area contributed by atoms with Crippen LogP contribution >= 0.6 is 0 Å². The smallest absolute Gasteiger partial charge is 0.407 e. The monoisotopic (exact) mass is 1060 g/mol. The highest BCUT2D eigenvalue weighted by molar-refractivity contribution is 6.00. The van der Waals surface area contributed by atoms with Gasteiger partial charge in [-0.2, -0.15) is 0 Å². The fourth-order valence-electron chi connectivity index (χ4n) is 11.6. The summed E-state index contributed by atoms with van der Waals surface area (Å²) in [5, 5.41) is 11.1. The Balaban J connectivity index is 1.03. The summed E-state index contributed by atoms with van der Waals surface area (Å²) in [6.07, 6.45) is 8.25. The fraction of sp³-hybridized carbons (Fsp3) is 0.474. The molecule has 1 unspecified atom stereocenters. The van der Waals surface area contributed by atoms with E-state index in [4.69, 9.17) is 20.9 Å². The van der Waals surface area contributed by atoms with Gasteiger partial charge in [0.25, 0.3) is 0 Å². The van der Waals surface area contributed by atoms with Crippen molar-refractivity contribution in [3.63, 3.8) is 0 Å². The molecule has 6 amide bonds. The van der Waals surface area contributed by atoms with E-state index in [0.717, 1.165) is 16.7 Å². The van der Waals surface area contributed by atoms with E-state index in [0.29, 0.717) is 100 Å². The third-order valence-corrected chi connectivity index (χ3v) is 15.6. The summed E-state index contributed by atoms with van der Waals surface area (Å²) in [5.74, 6) is -3.86. The molecule has 0 bridgehead atoms. The average Bonchev–Trinajstić information content (AvgIpc) is 4.23. The Labute approximate surface area is 448 Å². The Morgan fingerprint density at radius 3 is 1.82 bits per heavy atom. The van der Waals surface area contributed by atoms with Crippen molar-refractivity contribution >= 4 is 64.1 Å². The van der Waals surface area contributed by atoms with E-state index in [-0.39, 0.29) is 41.1 Å². The van der Waals surface area contributed by atoms with E-state index in [1.807, 2.05) is 53.5 Å². The van der Waals surface area contributed by atoms with Gasteiger partial charge in [-0.3, -0.25) is 19.2 Å². The van der Waals surface area contributed by atoms with Gasteiger partial charge in [0.15, 0.2) is 11.6 Å². The molecule has 412 valence electrons. The molecule has 3 aromatic rings. The minimum atomic E-state index is -0.902. The lowest BCUT2D eigenvalue weighted by atomic mass is 9.88. The molecule has 0 aromatic heterocycles. The van der Waals surface area contributed by atoms with Crippen molar-refractivity contribution in [2.24, 2.45) is 23.5 Å². The van der Waals surface area contributed by atoms with Crippen LogP contribution in [0.15, 0.2) is 90.3 Å². The predicted molar refractivity (Wildman–Crippen MR) is 290 cm³/mol. The van der Waals surface area contributed by atoms with Crippen molar-refractivity contribution in [1.82, 2.24) is 25.8 Å². The number of nitrogens with one attached hydrogen (secondary N) is 4. The molecule has 7 atom stereocenters. The van der Waals surface area contributed by atoms with Gasteiger partial charge >= 0.3 is 12.2 Å². The number of amides is 6. The van der Waals surface area contributed by atoms with Gasteiger partial charge in [0.2, 0.25) is 23.6 Å². The SMILES string of the molecule is COC(=O)N[C@H](C(=O)N1CCC[C@H]1C(=O)NC1=C(N)CC([C@H]2CC[C@H](c3ccc(NC(=O)[C@@H]4CCCN4C(=O)[C@@H](NC(=O)OC)C(C)C)c(N)c3)N2c2cc(F)c(N3CC=C(c4ccccc4)CC3)c(F)c2)C=C1)C(C)C. The van der Waals surface area contributed by atoms with Gasteiger partial charge in [-0.15, -0.1) is 0 Å². The van der Waals surface area contributed by atoms with Gasteiger partial charge in [-0.25, -0.2) is 18.4 Å². The van der Waals surface area contributed by atoms with Crippen molar-refractivity contribution in [3.8, 4) is 0 Å². The molecule has 77 heavy (non-hydrogen) atoms. The highest BCUT2D eigenvalue weighted by Crippen LogP contribution is 2.47. The number of anilines is 4. The normalized spacial score (nSPS) is 22.2. The summed E-state index contributed by atoms with van der Waals surface area (Å²) in [6.45, 7) is 8.59. The number of benzene rings is 3. The maximum absolute atomic E-state index is 16.7. The molecule has 3 saturated heterocycles. The number of ether oxygens (including phenoxy) is 2. The van der Waals surface area contributed by atoms with Gasteiger partial charge < -0.3 is 61.8 Å². The van der Waals surface area contributed by atoms with Crippen LogP contribution in [0.5, 0.6) is 0 Å². The zero-order valence-electron chi connectivity index (χ0n) is 44.7. The number of likely N-dealkylation sites (tertiary alicyclic amines) is 2. The minimum Gasteiger partial charge on any atom is -0.453 e. The van der Waals surface area contributed by atoms with Crippen LogP contribution < -0.4 is 42.5 Å². The summed E-state index contributed by atoms with van der Waals surface area (Å²) < 4.78 is 42.9. The van der Waals surface area contributed by atoms with Crippen molar-refractivity contribution in [2.75, 3.05) is 61.2 Å². The zero-order chi connectivity index (χ0) is 55.2. The van der Waals surface area contributed by atoms with Crippen LogP contribution in [0.25, 0.3) is 5.57 Å². The van der Waals surface area contributed by atoms with Crippen LogP contribution in [-0.2, 0) is 28.7 Å². The minimum absolute atomic E-state index is 0.108. The first-order chi connectivity index (χ1) is 36.9. The summed E-state index contributed by atoms with van der Waals surface area (Å²) >= 11 is 0. The molecular weight excluding hydrogens is 991 g/mol. The number of rotatable bonds is 15. The van der Waals surface area contributed by atoms with Gasteiger partial charge in [-0.1, -0.05) is 76.2 Å². The van der Waals surface area contributed by atoms with Gasteiger partial charge in [0.05, 0.1) is 37.3 Å². The first-order valence-electron chi connectivity index (χ1n) is 26.6. The first-order valence-corrected chi connectivity index (χ1v) is 26.6. The molecule has 1 aliphatic carbocycles. The number of nitrogens with zero attached hydrogens (tertiary/aromatic N) is 4. The van der Waals surface area contributed by atoms with Crippen LogP contribution in [0.3, 0.4) is 0 Å². The van der Waals surface area contributed by atoms with Crippen LogP contribution in [0.1, 0.15) is 96.2 Å². The zero-order valence-corrected chi connectivity index (χ0v) is 44.7. The number of carbonyl (C=O) groups is 6. The second kappa shape index (κ2) is 24.1. The van der Waals surface area contributed by atoms with Crippen molar-refractivity contribution in [1.29, 1.82) is 0 Å². The van der Waals surface area contributed by atoms with Crippen molar-refractivity contribution in [2.45, 2.75) is 115 Å². The predicted octanol–water partition coefficient (Wildman–Crippen LogP) is 7.10. The Hall–Kier alpha value is -7.64. The first kappa shape index (κ1) is 55.6. The summed E-state index contributed by atoms with van der Waals surface area (Å²) in [4.78, 5) is 86.2. The summed E-state index contributed by atoms with van der Waals surface area (Å²) in [7, 11) is 2.43. The number of hydrogen-bond donors (Lipinski definition) is 6. The number of halogens is 2. The van der Waals surface area contributed by atoms with Crippen LogP contribution in [0.2, 0.25) is 0 Å². The van der Waals surface area contributed by atoms with E-state index in [9.17, 15) is 28.8 Å². The van der Waals surface area contributed by atoms with E-state index in [1.165, 1.54) is 36.2 Å². The summed E-state index contributed by atoms with van der Waals surface area (Å²) in [5.41, 5.74) is 18.0. The number of methoxy groups -OCH3 is 2. The van der Waals surface area contributed by atoms with Crippen LogP contribution in [-0.4, -0.2) is 116 Å². The Bertz CT molecular complexity index is 2800. The number of carbonyl (C=O) groups excluding carboxylic acids is 6. The molecule has 3 aromatic carbocycles. The van der Waals surface area contributed by atoms with Crippen molar-refractivity contribution in [3.05, 3.63) is 113 Å². The number of alkyl carbamates (subject to hydrolysis) is 2. The summed E-state index contributed by atoms with van der Waals surface area (Å²) in [6, 6.07) is 13.8. The molecule has 0 saturated carbocycles. The van der Waals surface area contributed by atoms with E-state index < -0.39 is 71.8 Å². The standard InChI is InChI=1S/C57H72F2N10O8/c1-32(2)49(64-56(74)76-5)54(72)67-24-10-14-47(67)52(70)62-43-18-16-36(28-41(43)60)45-20-21-46(69(45)38-30-39(58)51(40(59)31-38)66-26-22-35(23-27-66)34-12-8-7-9-13-34)37-17-19-44(42(61)29-37)63-53(71)48-15-11-25-68(48)55(73)50(33(3)4)65-57(75)77-6/h7-9,12-13,16-19,22,28,30-33,37,45-50H,10-11,14-15,20-21,23-27,29,60-61H2,1-6H3,(H,62,70)(H,63,71)(H,64,74)(H,65,75)/t37?,45-,46-,47+,48+,49+,50+/m1/s1. The largest absolute Gasteiger partial charge is 0.453 e. The van der Waals surface area contributed by atoms with E-state index in [1.54, 1.807) is 50.8 Å². The molecule has 8 N–H and O–H groups in total. The van der Waals surface area contributed by atoms with Crippen LogP contribution in [0, 0.1) is 29.4 Å². The maximum Gasteiger partial charge on any atom is 0.407 e. The third-order valence-electron chi connectivity index (χ3n) is 15.6. The molecule has 0 radical (unpaired) electrons. The molecule has 5 aliphatic rings. The van der Waals surface area contributed by atoms with E-state index in [2.05, 4.69) is 21.3 Å². The fourth-order valence-corrected chi connectivity index (χ4v) is 11.6. The van der Waals surface area contributed by atoms with Crippen LogP contribution in [0.4, 0.5) is 41.1 Å². The lowest BCUT2D eigenvalue weighted by Gasteiger charge is -2.38. The Kier molecular flexibility index (Phi) is 17.4. The molecule has 4 heterocycles. The van der Waals surface area contributed by atoms with Crippen molar-refractivity contribution < 1.29 is 47.0 Å². The van der Waals surface area contributed by atoms with Gasteiger partial charge in [-0.05, 0) is 110 Å². The molecule has 0 spiro atoms. The highest BCUT2D eigenvalue weighted by Gasteiger charge is 2.43. The highest BCUT2D eigenvalue weighted by atomic mass is 19.1. The lowest BCUT2D eigenvalue weighted by molar-refractivity contribution is -0.140. The molecule has 8 rings (SSSR count). The molecule has 3 fully saturated rings. The second-order valence-corrected chi connectivity index (χ2v) is 21.2. The Morgan fingerprint density at radius 2 is 1.30 bits per heavy atom. The van der Waals surface area contributed by atoms with Gasteiger partial charge in [0.1, 0.15) is 29.9 Å². The molecular formula is C57H72F2N10O8. The second-order valence-electron chi connectivity index (χ2n) is 21.2. The molecule has 18 nitrogen and oxygen atoms in total.